The zero-order valence-electron chi connectivity index (χ0n) is 3.26. The van der Waals surface area contributed by atoms with E-state index in [1.165, 1.54) is 0 Å². The first-order valence-electron chi connectivity index (χ1n) is 1.77. The highest BCUT2D eigenvalue weighted by atomic mass is 16.5. The summed E-state index contributed by atoms with van der Waals surface area (Å²) in [5.74, 6) is 0. The van der Waals surface area contributed by atoms with Crippen molar-refractivity contribution in [3.63, 3.8) is 0 Å². The molecule has 1 aliphatic heterocycles. The molecule has 2 N–H and O–H groups in total. The average Bonchev–Trinajstić information content (AvgIpc) is 1.86. The summed E-state index contributed by atoms with van der Waals surface area (Å²) in [6.45, 7) is 0.583. The lowest BCUT2D eigenvalue weighted by Gasteiger charge is -2.02. The zero-order chi connectivity index (χ0) is 4.41. The van der Waals surface area contributed by atoms with E-state index < -0.39 is 0 Å². The second-order valence-electron chi connectivity index (χ2n) is 1.11. The lowest BCUT2D eigenvalue weighted by molar-refractivity contribution is -0.105. The largest absolute Gasteiger partial charge is 0.304 e. The smallest absolute Gasteiger partial charge is 0.0648 e. The van der Waals surface area contributed by atoms with Crippen molar-refractivity contribution in [3.05, 3.63) is 12.3 Å². The van der Waals surface area contributed by atoms with Crippen LogP contribution in [0.3, 0.4) is 0 Å². The Morgan fingerprint density at radius 1 is 1.83 bits per heavy atom. The molecule has 1 heterocycles. The van der Waals surface area contributed by atoms with Crippen molar-refractivity contribution in [2.45, 2.75) is 0 Å². The molecule has 0 bridgehead atoms. The molecule has 0 atom stereocenters. The first-order valence-corrected chi connectivity index (χ1v) is 1.77. The summed E-state index contributed by atoms with van der Waals surface area (Å²) in [6, 6.07) is 0. The highest BCUT2D eigenvalue weighted by molar-refractivity contribution is 4.84. The van der Waals surface area contributed by atoms with E-state index in [1.54, 1.807) is 6.20 Å². The number of hydroxylamine groups is 1. The van der Waals surface area contributed by atoms with Crippen LogP contribution in [-0.2, 0) is 0 Å². The predicted octanol–water partition coefficient (Wildman–Crippen LogP) is -0.291. The van der Waals surface area contributed by atoms with Crippen LogP contribution in [-0.4, -0.2) is 16.9 Å². The standard InChI is InChI=1S/C3H6N2O/c6-5-3-1-2-4-5/h1-2,4,6H,3H2. The lowest BCUT2D eigenvalue weighted by Crippen LogP contribution is -2.24. The summed E-state index contributed by atoms with van der Waals surface area (Å²) < 4.78 is 0. The van der Waals surface area contributed by atoms with Gasteiger partial charge in [-0.05, 0) is 6.08 Å². The number of hydrogen-bond acceptors (Lipinski definition) is 3. The van der Waals surface area contributed by atoms with Crippen molar-refractivity contribution in [2.24, 2.45) is 0 Å². The van der Waals surface area contributed by atoms with E-state index >= 15 is 0 Å². The SMILES string of the molecule is ON1CC=CN1. The van der Waals surface area contributed by atoms with E-state index in [2.05, 4.69) is 5.43 Å². The summed E-state index contributed by atoms with van der Waals surface area (Å²) in [5, 5.41) is 9.39. The van der Waals surface area contributed by atoms with E-state index in [-0.39, 0.29) is 0 Å². The summed E-state index contributed by atoms with van der Waals surface area (Å²) in [4.78, 5) is 0. The molecule has 0 aromatic heterocycles. The van der Waals surface area contributed by atoms with E-state index in [9.17, 15) is 0 Å². The monoisotopic (exact) mass is 86.0 g/mol. The minimum Gasteiger partial charge on any atom is -0.304 e. The fourth-order valence-electron chi connectivity index (χ4n) is 0.344. The van der Waals surface area contributed by atoms with E-state index in [4.69, 9.17) is 5.21 Å². The molecule has 0 spiro atoms. The van der Waals surface area contributed by atoms with Gasteiger partial charge in [-0.3, -0.25) is 5.21 Å². The molecule has 0 saturated carbocycles. The van der Waals surface area contributed by atoms with Gasteiger partial charge in [-0.2, -0.15) is 0 Å². The van der Waals surface area contributed by atoms with Crippen LogP contribution in [0.25, 0.3) is 0 Å². The Bertz CT molecular complexity index is 63.2. The number of hydrazine groups is 1. The van der Waals surface area contributed by atoms with Gasteiger partial charge in [0, 0.05) is 6.20 Å². The number of nitrogens with one attached hydrogen (secondary N) is 1. The van der Waals surface area contributed by atoms with Gasteiger partial charge in [0.05, 0.1) is 6.54 Å². The Morgan fingerprint density at radius 2 is 2.67 bits per heavy atom. The first kappa shape index (κ1) is 3.64. The molecule has 3 heteroatoms. The van der Waals surface area contributed by atoms with Gasteiger partial charge in [0.1, 0.15) is 0 Å². The third kappa shape index (κ3) is 0.502. The van der Waals surface area contributed by atoms with Crippen LogP contribution < -0.4 is 5.43 Å². The number of nitrogens with zero attached hydrogens (tertiary/aromatic N) is 1. The maximum atomic E-state index is 8.39. The fourth-order valence-corrected chi connectivity index (χ4v) is 0.344. The highest BCUT2D eigenvalue weighted by Gasteiger charge is 1.95. The molecule has 1 rings (SSSR count). The molecule has 3 nitrogen and oxygen atoms in total. The van der Waals surface area contributed by atoms with Gasteiger partial charge in [0.25, 0.3) is 0 Å². The fraction of sp³-hybridized carbons (Fsp3) is 0.333. The molecule has 0 saturated heterocycles. The topological polar surface area (TPSA) is 35.5 Å². The normalized spacial score (nSPS) is 21.5. The maximum absolute atomic E-state index is 8.39. The molecule has 0 radical (unpaired) electrons. The van der Waals surface area contributed by atoms with Crippen LogP contribution in [0, 0.1) is 0 Å². The quantitative estimate of drug-likeness (QED) is 0.425. The molecule has 0 fully saturated rings. The van der Waals surface area contributed by atoms with Crippen LogP contribution in [0.4, 0.5) is 0 Å². The number of hydrogen-bond donors (Lipinski definition) is 2. The van der Waals surface area contributed by atoms with Crippen LogP contribution in [0.1, 0.15) is 0 Å². The Hall–Kier alpha value is -0.540. The summed E-state index contributed by atoms with van der Waals surface area (Å²) in [5.41, 5.74) is 2.53. The third-order valence-corrected chi connectivity index (χ3v) is 0.620. The van der Waals surface area contributed by atoms with Crippen molar-refractivity contribution >= 4 is 0 Å². The Balaban J connectivity index is 2.32. The van der Waals surface area contributed by atoms with Crippen LogP contribution in [0.2, 0.25) is 0 Å². The van der Waals surface area contributed by atoms with Gasteiger partial charge >= 0.3 is 0 Å². The third-order valence-electron chi connectivity index (χ3n) is 0.620. The van der Waals surface area contributed by atoms with Gasteiger partial charge in [0.2, 0.25) is 0 Å². The molecule has 1 aliphatic rings. The average molecular weight is 86.1 g/mol. The maximum Gasteiger partial charge on any atom is 0.0648 e. The van der Waals surface area contributed by atoms with E-state index in [0.29, 0.717) is 6.54 Å². The van der Waals surface area contributed by atoms with Crippen LogP contribution in [0.5, 0.6) is 0 Å². The van der Waals surface area contributed by atoms with Crippen molar-refractivity contribution in [2.75, 3.05) is 6.54 Å². The molecule has 6 heavy (non-hydrogen) atoms. The number of rotatable bonds is 0. The van der Waals surface area contributed by atoms with Gasteiger partial charge in [0.15, 0.2) is 0 Å². The molecule has 0 unspecified atom stereocenters. The van der Waals surface area contributed by atoms with Crippen LogP contribution in [0.15, 0.2) is 12.3 Å². The van der Waals surface area contributed by atoms with Gasteiger partial charge in [-0.25, -0.2) is 0 Å². The second-order valence-corrected chi connectivity index (χ2v) is 1.11. The Morgan fingerprint density at radius 3 is 2.83 bits per heavy atom. The van der Waals surface area contributed by atoms with Gasteiger partial charge < -0.3 is 5.43 Å². The molecular weight excluding hydrogens is 80.0 g/mol. The summed E-state index contributed by atoms with van der Waals surface area (Å²) >= 11 is 0. The molecular formula is C3H6N2O. The first-order chi connectivity index (χ1) is 2.89. The minimum absolute atomic E-state index is 0.583. The zero-order valence-corrected chi connectivity index (χ0v) is 3.26. The summed E-state index contributed by atoms with van der Waals surface area (Å²) in [7, 11) is 0. The minimum atomic E-state index is 0.583. The highest BCUT2D eigenvalue weighted by Crippen LogP contribution is 1.82. The van der Waals surface area contributed by atoms with Gasteiger partial charge in [-0.15, -0.1) is 5.17 Å². The van der Waals surface area contributed by atoms with Crippen molar-refractivity contribution in [1.82, 2.24) is 10.6 Å². The molecule has 0 aromatic carbocycles. The Kier molecular flexibility index (Phi) is 0.777. The predicted molar refractivity (Wildman–Crippen MR) is 20.8 cm³/mol. The van der Waals surface area contributed by atoms with Crippen molar-refractivity contribution < 1.29 is 5.21 Å². The molecule has 0 amide bonds. The van der Waals surface area contributed by atoms with E-state index in [0.717, 1.165) is 5.17 Å². The molecule has 0 aliphatic carbocycles. The molecule has 0 aromatic rings. The lowest BCUT2D eigenvalue weighted by atomic mass is 10.7. The van der Waals surface area contributed by atoms with Gasteiger partial charge in [-0.1, -0.05) is 0 Å². The summed E-state index contributed by atoms with van der Waals surface area (Å²) in [6.07, 6.45) is 3.50. The Labute approximate surface area is 35.8 Å². The second kappa shape index (κ2) is 1.28. The van der Waals surface area contributed by atoms with Crippen LogP contribution >= 0.6 is 0 Å². The van der Waals surface area contributed by atoms with E-state index in [1.807, 2.05) is 6.08 Å². The van der Waals surface area contributed by atoms with Crippen molar-refractivity contribution in [1.29, 1.82) is 0 Å². The van der Waals surface area contributed by atoms with Crippen molar-refractivity contribution in [3.8, 4) is 0 Å². The molecule has 34 valence electrons.